The van der Waals surface area contributed by atoms with Crippen LogP contribution in [0.2, 0.25) is 5.02 Å². The second-order valence-electron chi connectivity index (χ2n) is 4.86. The van der Waals surface area contributed by atoms with Crippen molar-refractivity contribution in [3.05, 3.63) is 11.2 Å². The molecule has 1 aromatic rings. The Morgan fingerprint density at radius 1 is 1.32 bits per heavy atom. The van der Waals surface area contributed by atoms with Crippen LogP contribution < -0.4 is 15.0 Å². The first-order valence-electron chi connectivity index (χ1n) is 6.54. The van der Waals surface area contributed by atoms with Crippen LogP contribution in [0, 0.1) is 0 Å². The summed E-state index contributed by atoms with van der Waals surface area (Å²) in [4.78, 5) is 13.1. The van der Waals surface area contributed by atoms with Gasteiger partial charge in [0.25, 0.3) is 0 Å². The molecule has 0 radical (unpaired) electrons. The van der Waals surface area contributed by atoms with Gasteiger partial charge in [-0.3, -0.25) is 4.90 Å². The van der Waals surface area contributed by atoms with Crippen molar-refractivity contribution in [3.63, 3.8) is 0 Å². The summed E-state index contributed by atoms with van der Waals surface area (Å²) in [5.41, 5.74) is 0. The Labute approximate surface area is 117 Å². The van der Waals surface area contributed by atoms with Crippen LogP contribution in [-0.2, 0) is 0 Å². The van der Waals surface area contributed by atoms with Crippen LogP contribution in [0.5, 0.6) is 6.01 Å². The van der Waals surface area contributed by atoms with Gasteiger partial charge in [0.05, 0.1) is 13.3 Å². The Balaban J connectivity index is 1.67. The lowest BCUT2D eigenvalue weighted by molar-refractivity contribution is 0.137. The third-order valence-corrected chi connectivity index (χ3v) is 4.04. The van der Waals surface area contributed by atoms with Gasteiger partial charge in [0, 0.05) is 45.3 Å². The molecule has 3 rings (SSSR count). The second-order valence-corrected chi connectivity index (χ2v) is 5.27. The molecular weight excluding hydrogens is 266 g/mol. The van der Waals surface area contributed by atoms with E-state index in [9.17, 15) is 0 Å². The first kappa shape index (κ1) is 12.9. The molecule has 0 bridgehead atoms. The zero-order valence-electron chi connectivity index (χ0n) is 11.0. The van der Waals surface area contributed by atoms with Gasteiger partial charge in [0.15, 0.2) is 5.82 Å². The number of ether oxygens (including phenoxy) is 1. The number of rotatable bonds is 3. The van der Waals surface area contributed by atoms with Crippen molar-refractivity contribution in [3.8, 4) is 6.01 Å². The summed E-state index contributed by atoms with van der Waals surface area (Å²) in [6.07, 6.45) is 1.60. The van der Waals surface area contributed by atoms with E-state index in [-0.39, 0.29) is 0 Å². The summed E-state index contributed by atoms with van der Waals surface area (Å²) >= 11 is 6.18. The van der Waals surface area contributed by atoms with Crippen LogP contribution in [0.25, 0.3) is 0 Å². The minimum atomic E-state index is 0.366. The molecule has 104 valence electrons. The average molecular weight is 284 g/mol. The van der Waals surface area contributed by atoms with Crippen LogP contribution in [0.1, 0.15) is 0 Å². The smallest absolute Gasteiger partial charge is 0.318 e. The second kappa shape index (κ2) is 5.48. The predicted octanol–water partition coefficient (Wildman–Crippen LogP) is 0.232. The molecule has 1 N–H and O–H groups in total. The number of nitrogens with zero attached hydrogens (tertiary/aromatic N) is 4. The molecule has 3 heterocycles. The summed E-state index contributed by atoms with van der Waals surface area (Å²) in [6, 6.07) is 1.07. The minimum absolute atomic E-state index is 0.366. The zero-order valence-corrected chi connectivity index (χ0v) is 11.7. The molecule has 2 aliphatic rings. The highest BCUT2D eigenvalue weighted by Gasteiger charge is 2.28. The van der Waals surface area contributed by atoms with Crippen molar-refractivity contribution in [2.24, 2.45) is 0 Å². The summed E-state index contributed by atoms with van der Waals surface area (Å²) in [5, 5.41) is 3.89. The summed E-state index contributed by atoms with van der Waals surface area (Å²) in [5.74, 6) is 0.778. The van der Waals surface area contributed by atoms with E-state index in [1.165, 1.54) is 0 Å². The fraction of sp³-hybridized carbons (Fsp3) is 0.667. The minimum Gasteiger partial charge on any atom is -0.467 e. The predicted molar refractivity (Wildman–Crippen MR) is 74.0 cm³/mol. The van der Waals surface area contributed by atoms with E-state index in [1.54, 1.807) is 13.3 Å². The van der Waals surface area contributed by atoms with E-state index in [1.807, 2.05) is 0 Å². The number of aromatic nitrogens is 2. The molecule has 0 unspecified atom stereocenters. The maximum Gasteiger partial charge on any atom is 0.318 e. The molecule has 19 heavy (non-hydrogen) atoms. The molecule has 0 atom stereocenters. The van der Waals surface area contributed by atoms with Crippen LogP contribution in [0.15, 0.2) is 6.20 Å². The summed E-state index contributed by atoms with van der Waals surface area (Å²) in [6.45, 7) is 6.21. The van der Waals surface area contributed by atoms with E-state index >= 15 is 0 Å². The normalized spacial score (nSPS) is 21.3. The highest BCUT2D eigenvalue weighted by Crippen LogP contribution is 2.25. The van der Waals surface area contributed by atoms with Gasteiger partial charge in [-0.2, -0.15) is 4.98 Å². The molecule has 1 aromatic heterocycles. The van der Waals surface area contributed by atoms with E-state index in [0.717, 1.165) is 45.1 Å². The molecule has 2 fully saturated rings. The van der Waals surface area contributed by atoms with Crippen molar-refractivity contribution >= 4 is 17.4 Å². The fourth-order valence-electron chi connectivity index (χ4n) is 2.49. The third kappa shape index (κ3) is 2.61. The zero-order chi connectivity index (χ0) is 13.2. The van der Waals surface area contributed by atoms with Crippen LogP contribution >= 0.6 is 11.6 Å². The standard InChI is InChI=1S/C12H18ClN5O/c1-19-12-15-8-10(13)11(16-12)18-4-2-17(3-5-18)9-6-14-7-9/h8-9,14H,2-7H2,1H3. The molecule has 0 spiro atoms. The highest BCUT2D eigenvalue weighted by atomic mass is 35.5. The summed E-state index contributed by atoms with van der Waals surface area (Å²) < 4.78 is 5.06. The number of nitrogens with one attached hydrogen (secondary N) is 1. The number of hydrogen-bond donors (Lipinski definition) is 1. The molecular formula is C12H18ClN5O. The Morgan fingerprint density at radius 3 is 2.63 bits per heavy atom. The first-order valence-corrected chi connectivity index (χ1v) is 6.92. The van der Waals surface area contributed by atoms with Crippen LogP contribution in [0.4, 0.5) is 5.82 Å². The Hall–Kier alpha value is -1.11. The van der Waals surface area contributed by atoms with Crippen LogP contribution in [0.3, 0.4) is 0 Å². The fourth-order valence-corrected chi connectivity index (χ4v) is 2.70. The maximum absolute atomic E-state index is 6.18. The van der Waals surface area contributed by atoms with Gasteiger partial charge in [0.1, 0.15) is 5.02 Å². The maximum atomic E-state index is 6.18. The molecule has 0 aromatic carbocycles. The monoisotopic (exact) mass is 283 g/mol. The lowest BCUT2D eigenvalue weighted by Crippen LogP contribution is -2.61. The van der Waals surface area contributed by atoms with E-state index in [4.69, 9.17) is 16.3 Å². The lowest BCUT2D eigenvalue weighted by atomic mass is 10.1. The molecule has 0 aliphatic carbocycles. The van der Waals surface area contributed by atoms with Gasteiger partial charge in [-0.1, -0.05) is 11.6 Å². The largest absolute Gasteiger partial charge is 0.467 e. The number of hydrogen-bond acceptors (Lipinski definition) is 6. The number of methoxy groups -OCH3 is 1. The molecule has 2 saturated heterocycles. The Kier molecular flexibility index (Phi) is 3.72. The van der Waals surface area contributed by atoms with E-state index in [0.29, 0.717) is 17.1 Å². The van der Waals surface area contributed by atoms with Gasteiger partial charge < -0.3 is 15.0 Å². The number of anilines is 1. The van der Waals surface area contributed by atoms with Crippen molar-refractivity contribution in [2.45, 2.75) is 6.04 Å². The number of piperazine rings is 1. The molecule has 2 aliphatic heterocycles. The van der Waals surface area contributed by atoms with Gasteiger partial charge in [-0.15, -0.1) is 0 Å². The summed E-state index contributed by atoms with van der Waals surface area (Å²) in [7, 11) is 1.56. The van der Waals surface area contributed by atoms with Crippen molar-refractivity contribution in [1.29, 1.82) is 0 Å². The van der Waals surface area contributed by atoms with Crippen molar-refractivity contribution in [1.82, 2.24) is 20.2 Å². The Morgan fingerprint density at radius 2 is 2.05 bits per heavy atom. The van der Waals surface area contributed by atoms with Gasteiger partial charge >= 0.3 is 6.01 Å². The average Bonchev–Trinajstić information content (AvgIpc) is 2.38. The molecule has 6 nitrogen and oxygen atoms in total. The van der Waals surface area contributed by atoms with Crippen molar-refractivity contribution < 1.29 is 4.74 Å². The molecule has 0 saturated carbocycles. The Bertz CT molecular complexity index is 446. The van der Waals surface area contributed by atoms with E-state index in [2.05, 4.69) is 25.1 Å². The van der Waals surface area contributed by atoms with Gasteiger partial charge in [0.2, 0.25) is 0 Å². The quantitative estimate of drug-likeness (QED) is 0.857. The molecule has 7 heteroatoms. The lowest BCUT2D eigenvalue weighted by Gasteiger charge is -2.43. The van der Waals surface area contributed by atoms with Crippen molar-refractivity contribution in [2.75, 3.05) is 51.3 Å². The molecule has 0 amide bonds. The SMILES string of the molecule is COc1ncc(Cl)c(N2CCN(C3CNC3)CC2)n1. The van der Waals surface area contributed by atoms with Crippen LogP contribution in [-0.4, -0.2) is 67.3 Å². The van der Waals surface area contributed by atoms with E-state index < -0.39 is 0 Å². The topological polar surface area (TPSA) is 53.5 Å². The van der Waals surface area contributed by atoms with Gasteiger partial charge in [-0.25, -0.2) is 4.98 Å². The number of halogens is 1. The van der Waals surface area contributed by atoms with Gasteiger partial charge in [-0.05, 0) is 0 Å². The third-order valence-electron chi connectivity index (χ3n) is 3.78. The highest BCUT2D eigenvalue weighted by molar-refractivity contribution is 6.32. The first-order chi connectivity index (χ1) is 9.28.